The van der Waals surface area contributed by atoms with Crippen molar-refractivity contribution in [3.63, 3.8) is 0 Å². The van der Waals surface area contributed by atoms with Crippen LogP contribution in [0.3, 0.4) is 0 Å². The van der Waals surface area contributed by atoms with Crippen molar-refractivity contribution in [3.05, 3.63) is 39.9 Å². The summed E-state index contributed by atoms with van der Waals surface area (Å²) in [5.41, 5.74) is -4.45. The average molecular weight is 365 g/mol. The molecule has 2 bridgehead atoms. The minimum atomic E-state index is -2.19. The molecule has 4 atom stereocenters. The number of nitrogens with one attached hydrogen (secondary N) is 1. The van der Waals surface area contributed by atoms with Gasteiger partial charge in [-0.15, -0.1) is 0 Å². The van der Waals surface area contributed by atoms with E-state index in [-0.39, 0.29) is 11.3 Å². The van der Waals surface area contributed by atoms with Crippen LogP contribution in [0.4, 0.5) is 5.69 Å². The summed E-state index contributed by atoms with van der Waals surface area (Å²) in [5, 5.41) is 49.8. The number of nitro groups is 1. The molecule has 2 saturated heterocycles. The summed E-state index contributed by atoms with van der Waals surface area (Å²) in [6.07, 6.45) is -1.13. The van der Waals surface area contributed by atoms with Gasteiger partial charge in [-0.2, -0.15) is 15.8 Å². The van der Waals surface area contributed by atoms with Crippen molar-refractivity contribution in [2.45, 2.75) is 32.2 Å². The molecule has 0 spiro atoms. The molecule has 0 aromatic heterocycles. The Labute approximate surface area is 155 Å². The molecule has 9 nitrogen and oxygen atoms in total. The lowest BCUT2D eigenvalue weighted by Crippen LogP contribution is -2.58. The smallest absolute Gasteiger partial charge is 0.275 e. The molecule has 3 rings (SSSR count). The highest BCUT2D eigenvalue weighted by Crippen LogP contribution is 2.67. The van der Waals surface area contributed by atoms with Gasteiger partial charge in [0.25, 0.3) is 5.69 Å². The maximum absolute atomic E-state index is 11.5. The van der Waals surface area contributed by atoms with Gasteiger partial charge in [-0.05, 0) is 12.5 Å². The number of nitro benzene ring substituents is 1. The molecule has 0 amide bonds. The number of nitrogens with zero attached hydrogens (tertiary/aromatic N) is 4. The van der Waals surface area contributed by atoms with Gasteiger partial charge in [0.2, 0.25) is 17.1 Å². The molecule has 2 aliphatic rings. The van der Waals surface area contributed by atoms with Crippen LogP contribution in [-0.2, 0) is 9.47 Å². The van der Waals surface area contributed by atoms with Crippen LogP contribution in [0.2, 0.25) is 0 Å². The summed E-state index contributed by atoms with van der Waals surface area (Å²) >= 11 is 0. The number of benzene rings is 1. The molecule has 9 heteroatoms. The Kier molecular flexibility index (Phi) is 3.91. The molecule has 4 unspecified atom stereocenters. The molecule has 1 N–H and O–H groups in total. The standard InChI is InChI=1S/C18H15N5O4/c1-3-13-16(2)26-14(11-6-4-5-7-12(11)23(24)25)17(8-19,9-20)18(13,10-21)15(22)27-16/h4-7,13-14,22H,3H2,1-2H3. The monoisotopic (exact) mass is 365 g/mol. The first kappa shape index (κ1) is 18.3. The van der Waals surface area contributed by atoms with Crippen molar-refractivity contribution in [1.82, 2.24) is 0 Å². The lowest BCUT2D eigenvalue weighted by molar-refractivity contribution is -0.387. The van der Waals surface area contributed by atoms with E-state index in [4.69, 9.17) is 14.9 Å². The summed E-state index contributed by atoms with van der Waals surface area (Å²) in [4.78, 5) is 10.9. The van der Waals surface area contributed by atoms with E-state index in [1.165, 1.54) is 31.2 Å². The zero-order valence-corrected chi connectivity index (χ0v) is 14.6. The normalized spacial score (nSPS) is 33.2. The van der Waals surface area contributed by atoms with Crippen LogP contribution < -0.4 is 0 Å². The third-order valence-corrected chi connectivity index (χ3v) is 5.54. The van der Waals surface area contributed by atoms with Gasteiger partial charge < -0.3 is 9.47 Å². The third kappa shape index (κ3) is 1.96. The largest absolute Gasteiger partial charge is 0.448 e. The number of hydrogen-bond donors (Lipinski definition) is 1. The van der Waals surface area contributed by atoms with Gasteiger partial charge in [0.05, 0.1) is 34.6 Å². The fourth-order valence-electron chi connectivity index (χ4n) is 4.38. The Morgan fingerprint density at radius 2 is 1.89 bits per heavy atom. The number of nitriles is 3. The van der Waals surface area contributed by atoms with Gasteiger partial charge >= 0.3 is 0 Å². The molecule has 27 heavy (non-hydrogen) atoms. The van der Waals surface area contributed by atoms with Gasteiger partial charge in [-0.25, -0.2) is 0 Å². The van der Waals surface area contributed by atoms with Crippen LogP contribution in [0.1, 0.15) is 31.9 Å². The van der Waals surface area contributed by atoms with Crippen molar-refractivity contribution in [2.24, 2.45) is 16.7 Å². The topological polar surface area (TPSA) is 157 Å². The highest BCUT2D eigenvalue weighted by Gasteiger charge is 2.79. The molecule has 0 aliphatic carbocycles. The molecule has 2 aliphatic heterocycles. The molecule has 136 valence electrons. The van der Waals surface area contributed by atoms with Crippen molar-refractivity contribution >= 4 is 11.6 Å². The van der Waals surface area contributed by atoms with E-state index in [1.54, 1.807) is 6.92 Å². The number of hydrogen-bond acceptors (Lipinski definition) is 8. The summed E-state index contributed by atoms with van der Waals surface area (Å²) in [7, 11) is 0. The van der Waals surface area contributed by atoms with Crippen LogP contribution in [-0.4, -0.2) is 16.6 Å². The number of para-hydroxylation sites is 1. The predicted molar refractivity (Wildman–Crippen MR) is 89.6 cm³/mol. The molecule has 2 fully saturated rings. The fraction of sp³-hybridized carbons (Fsp3) is 0.444. The quantitative estimate of drug-likeness (QED) is 0.637. The van der Waals surface area contributed by atoms with Crippen molar-refractivity contribution in [3.8, 4) is 18.2 Å². The highest BCUT2D eigenvalue weighted by atomic mass is 16.7. The average Bonchev–Trinajstić information content (AvgIpc) is 2.84. The molecule has 0 saturated carbocycles. The molecular formula is C18H15N5O4. The zero-order chi connectivity index (χ0) is 20.0. The Morgan fingerprint density at radius 3 is 2.41 bits per heavy atom. The van der Waals surface area contributed by atoms with Crippen molar-refractivity contribution < 1.29 is 14.4 Å². The second kappa shape index (κ2) is 5.77. The number of ether oxygens (including phenoxy) is 2. The van der Waals surface area contributed by atoms with Gasteiger partial charge in [0.1, 0.15) is 6.10 Å². The van der Waals surface area contributed by atoms with Gasteiger partial charge in [-0.1, -0.05) is 19.1 Å². The molecular weight excluding hydrogens is 350 g/mol. The van der Waals surface area contributed by atoms with E-state index < -0.39 is 39.5 Å². The summed E-state index contributed by atoms with van der Waals surface area (Å²) < 4.78 is 11.5. The maximum Gasteiger partial charge on any atom is 0.275 e. The van der Waals surface area contributed by atoms with Crippen LogP contribution in [0.25, 0.3) is 0 Å². The van der Waals surface area contributed by atoms with E-state index in [1.807, 2.05) is 18.2 Å². The van der Waals surface area contributed by atoms with E-state index in [2.05, 4.69) is 0 Å². The maximum atomic E-state index is 11.5. The fourth-order valence-corrected chi connectivity index (χ4v) is 4.38. The van der Waals surface area contributed by atoms with Crippen LogP contribution in [0.5, 0.6) is 0 Å². The minimum absolute atomic E-state index is 0.00990. The number of rotatable bonds is 3. The Hall–Kier alpha value is -3.48. The lowest BCUT2D eigenvalue weighted by atomic mass is 9.53. The molecule has 1 aromatic rings. The predicted octanol–water partition coefficient (Wildman–Crippen LogP) is 2.96. The van der Waals surface area contributed by atoms with Gasteiger partial charge in [-0.3, -0.25) is 15.5 Å². The van der Waals surface area contributed by atoms with E-state index in [0.29, 0.717) is 6.42 Å². The van der Waals surface area contributed by atoms with Crippen molar-refractivity contribution in [1.29, 1.82) is 21.2 Å². The molecule has 2 heterocycles. The summed E-state index contributed by atoms with van der Waals surface area (Å²) in [5.74, 6) is -2.75. The molecule has 0 radical (unpaired) electrons. The second-order valence-corrected chi connectivity index (χ2v) is 6.67. The van der Waals surface area contributed by atoms with Crippen molar-refractivity contribution in [2.75, 3.05) is 0 Å². The van der Waals surface area contributed by atoms with Gasteiger partial charge in [0, 0.05) is 13.0 Å². The Balaban J connectivity index is 2.39. The number of fused-ring (bicyclic) bond motifs is 2. The van der Waals surface area contributed by atoms with Crippen LogP contribution >= 0.6 is 0 Å². The SMILES string of the molecule is CCC1C2(C)OC(=N)C1(C#N)C(C#N)(C#N)C(c1ccccc1[N+](=O)[O-])O2. The first-order valence-electron chi connectivity index (χ1n) is 8.21. The van der Waals surface area contributed by atoms with Crippen LogP contribution in [0.15, 0.2) is 24.3 Å². The third-order valence-electron chi connectivity index (χ3n) is 5.54. The van der Waals surface area contributed by atoms with Gasteiger partial charge in [0.15, 0.2) is 5.41 Å². The zero-order valence-electron chi connectivity index (χ0n) is 14.6. The lowest BCUT2D eigenvalue weighted by Gasteiger charge is -2.48. The Bertz CT molecular complexity index is 957. The minimum Gasteiger partial charge on any atom is -0.448 e. The summed E-state index contributed by atoms with van der Waals surface area (Å²) in [6, 6.07) is 11.3. The van der Waals surface area contributed by atoms with Crippen LogP contribution in [0, 0.1) is 66.3 Å². The molecule has 1 aromatic carbocycles. The van der Waals surface area contributed by atoms with E-state index >= 15 is 0 Å². The first-order chi connectivity index (χ1) is 12.8. The summed E-state index contributed by atoms with van der Waals surface area (Å²) in [6.45, 7) is 3.26. The van der Waals surface area contributed by atoms with E-state index in [0.717, 1.165) is 0 Å². The highest BCUT2D eigenvalue weighted by molar-refractivity contribution is 5.89. The Morgan fingerprint density at radius 1 is 1.26 bits per heavy atom. The second-order valence-electron chi connectivity index (χ2n) is 6.67. The van der Waals surface area contributed by atoms with E-state index in [9.17, 15) is 25.9 Å². The first-order valence-corrected chi connectivity index (χ1v) is 8.21.